The normalized spacial score (nSPS) is 35.6. The van der Waals surface area contributed by atoms with Gasteiger partial charge in [-0.15, -0.1) is 0 Å². The van der Waals surface area contributed by atoms with Crippen LogP contribution >= 0.6 is 0 Å². The molecule has 0 spiro atoms. The lowest BCUT2D eigenvalue weighted by molar-refractivity contribution is -0.150. The van der Waals surface area contributed by atoms with Crippen LogP contribution in [0.25, 0.3) is 0 Å². The number of carbonyl (C=O) groups excluding carboxylic acids is 1. The summed E-state index contributed by atoms with van der Waals surface area (Å²) in [4.78, 5) is 11.8. The number of carbonyl (C=O) groups is 1. The molecule has 2 rings (SSSR count). The Kier molecular flexibility index (Phi) is 4.34. The highest BCUT2D eigenvalue weighted by Gasteiger charge is 2.47. The molecule has 1 aliphatic carbocycles. The van der Waals surface area contributed by atoms with Crippen LogP contribution in [0.4, 0.5) is 0 Å². The van der Waals surface area contributed by atoms with Gasteiger partial charge >= 0.3 is 0 Å². The van der Waals surface area contributed by atoms with Gasteiger partial charge < -0.3 is 25.2 Å². The van der Waals surface area contributed by atoms with E-state index in [9.17, 15) is 25.2 Å². The van der Waals surface area contributed by atoms with Gasteiger partial charge in [-0.25, -0.2) is 0 Å². The molecule has 0 saturated heterocycles. The van der Waals surface area contributed by atoms with Crippen LogP contribution in [0.1, 0.15) is 13.8 Å². The molecule has 0 bridgehead atoms. The number of aliphatic hydroxyl groups is 4. The SMILES string of the molecule is CC(O)C(O)/C=C/C1=CC2=CC(=O)[C@@](C)(O)[C@H](O)[C@H]2CO1. The molecule has 0 aromatic heterocycles. The van der Waals surface area contributed by atoms with Crippen LogP contribution < -0.4 is 0 Å². The van der Waals surface area contributed by atoms with E-state index >= 15 is 0 Å². The Labute approximate surface area is 122 Å². The maximum Gasteiger partial charge on any atom is 0.189 e. The predicted molar refractivity (Wildman–Crippen MR) is 74.1 cm³/mol. The van der Waals surface area contributed by atoms with Crippen molar-refractivity contribution in [1.82, 2.24) is 0 Å². The molecule has 0 aromatic rings. The second-order valence-electron chi connectivity index (χ2n) is 5.66. The van der Waals surface area contributed by atoms with Crippen LogP contribution in [0.3, 0.4) is 0 Å². The highest BCUT2D eigenvalue weighted by molar-refractivity contribution is 5.99. The van der Waals surface area contributed by atoms with Gasteiger partial charge in [-0.3, -0.25) is 4.79 Å². The summed E-state index contributed by atoms with van der Waals surface area (Å²) in [5, 5.41) is 38.7. The van der Waals surface area contributed by atoms with Gasteiger partial charge in [0.1, 0.15) is 5.76 Å². The first-order valence-electron chi connectivity index (χ1n) is 6.78. The minimum atomic E-state index is -1.80. The Morgan fingerprint density at radius 3 is 2.71 bits per heavy atom. The number of allylic oxidation sites excluding steroid dienone is 2. The Bertz CT molecular complexity index is 514. The monoisotopic (exact) mass is 296 g/mol. The first-order chi connectivity index (χ1) is 9.73. The molecule has 0 amide bonds. The highest BCUT2D eigenvalue weighted by Crippen LogP contribution is 2.35. The van der Waals surface area contributed by atoms with Crippen LogP contribution in [0.15, 0.2) is 35.6 Å². The molecule has 2 unspecified atom stereocenters. The topological polar surface area (TPSA) is 107 Å². The van der Waals surface area contributed by atoms with Crippen molar-refractivity contribution in [3.8, 4) is 0 Å². The van der Waals surface area contributed by atoms with E-state index in [-0.39, 0.29) is 6.61 Å². The van der Waals surface area contributed by atoms with Crippen molar-refractivity contribution in [3.05, 3.63) is 35.6 Å². The zero-order valence-electron chi connectivity index (χ0n) is 11.9. The molecule has 2 aliphatic rings. The zero-order valence-corrected chi connectivity index (χ0v) is 11.9. The lowest BCUT2D eigenvalue weighted by Gasteiger charge is -2.39. The average molecular weight is 296 g/mol. The summed E-state index contributed by atoms with van der Waals surface area (Å²) in [6.07, 6.45) is 2.63. The molecular weight excluding hydrogens is 276 g/mol. The molecule has 21 heavy (non-hydrogen) atoms. The van der Waals surface area contributed by atoms with Crippen LogP contribution in [-0.2, 0) is 9.53 Å². The first-order valence-corrected chi connectivity index (χ1v) is 6.78. The van der Waals surface area contributed by atoms with E-state index in [0.29, 0.717) is 11.3 Å². The molecule has 1 heterocycles. The van der Waals surface area contributed by atoms with Crippen molar-refractivity contribution in [2.45, 2.75) is 37.8 Å². The summed E-state index contributed by atoms with van der Waals surface area (Å²) >= 11 is 0. The minimum Gasteiger partial charge on any atom is -0.493 e. The fourth-order valence-electron chi connectivity index (χ4n) is 2.30. The Hall–Kier alpha value is -1.47. The summed E-state index contributed by atoms with van der Waals surface area (Å²) in [7, 11) is 0. The van der Waals surface area contributed by atoms with E-state index in [4.69, 9.17) is 4.74 Å². The number of ketones is 1. The Morgan fingerprint density at radius 1 is 1.43 bits per heavy atom. The molecule has 6 nitrogen and oxygen atoms in total. The van der Waals surface area contributed by atoms with Crippen molar-refractivity contribution in [1.29, 1.82) is 0 Å². The van der Waals surface area contributed by atoms with E-state index in [1.165, 1.54) is 32.1 Å². The second kappa shape index (κ2) is 5.73. The van der Waals surface area contributed by atoms with Crippen molar-refractivity contribution < 1.29 is 30.0 Å². The third-order valence-corrected chi connectivity index (χ3v) is 3.87. The molecule has 4 N–H and O–H groups in total. The molecule has 116 valence electrons. The first kappa shape index (κ1) is 15.9. The second-order valence-corrected chi connectivity index (χ2v) is 5.66. The maximum atomic E-state index is 11.8. The molecular formula is C15H20O6. The average Bonchev–Trinajstić information content (AvgIpc) is 2.42. The lowest BCUT2D eigenvalue weighted by Crippen LogP contribution is -2.54. The summed E-state index contributed by atoms with van der Waals surface area (Å²) in [5.41, 5.74) is -1.22. The van der Waals surface area contributed by atoms with Crippen molar-refractivity contribution >= 4 is 5.78 Å². The Morgan fingerprint density at radius 2 is 2.10 bits per heavy atom. The molecule has 0 aromatic carbocycles. The number of ether oxygens (including phenoxy) is 1. The van der Waals surface area contributed by atoms with Crippen LogP contribution in [0.2, 0.25) is 0 Å². The van der Waals surface area contributed by atoms with Crippen LogP contribution in [0, 0.1) is 5.92 Å². The molecule has 0 fully saturated rings. The fraction of sp³-hybridized carbons (Fsp3) is 0.533. The summed E-state index contributed by atoms with van der Waals surface area (Å²) in [6, 6.07) is 0. The van der Waals surface area contributed by atoms with Crippen LogP contribution in [-0.4, -0.2) is 56.7 Å². The molecule has 0 radical (unpaired) electrons. The Balaban J connectivity index is 2.22. The molecule has 6 heteroatoms. The van der Waals surface area contributed by atoms with Gasteiger partial charge in [-0.2, -0.15) is 0 Å². The van der Waals surface area contributed by atoms with E-state index in [2.05, 4.69) is 0 Å². The van der Waals surface area contributed by atoms with Gasteiger partial charge in [0.2, 0.25) is 0 Å². The largest absolute Gasteiger partial charge is 0.493 e. The number of fused-ring (bicyclic) bond motifs is 1. The van der Waals surface area contributed by atoms with E-state index in [1.807, 2.05) is 0 Å². The predicted octanol–water partition coefficient (Wildman–Crippen LogP) is -0.564. The highest BCUT2D eigenvalue weighted by atomic mass is 16.5. The smallest absolute Gasteiger partial charge is 0.189 e. The van der Waals surface area contributed by atoms with Crippen molar-refractivity contribution in [2.24, 2.45) is 5.92 Å². The number of aliphatic hydroxyl groups excluding tert-OH is 3. The maximum absolute atomic E-state index is 11.8. The van der Waals surface area contributed by atoms with Crippen molar-refractivity contribution in [2.75, 3.05) is 6.61 Å². The van der Waals surface area contributed by atoms with E-state index in [0.717, 1.165) is 0 Å². The number of hydrogen-bond donors (Lipinski definition) is 4. The lowest BCUT2D eigenvalue weighted by atomic mass is 9.75. The van der Waals surface area contributed by atoms with E-state index < -0.39 is 35.6 Å². The molecule has 1 aliphatic heterocycles. The standard InChI is InChI=1S/C15H20O6/c1-8(16)12(17)4-3-10-5-9-6-13(18)15(2,20)14(19)11(9)7-21-10/h3-6,8,11-12,14,16-17,19-20H,7H2,1-2H3/b4-3+/t8?,11-,12?,14+,15+/m0/s1. The minimum absolute atomic E-state index is 0.122. The van der Waals surface area contributed by atoms with Gasteiger partial charge in [-0.05, 0) is 43.7 Å². The third-order valence-electron chi connectivity index (χ3n) is 3.87. The van der Waals surface area contributed by atoms with Gasteiger partial charge in [-0.1, -0.05) is 0 Å². The van der Waals surface area contributed by atoms with Gasteiger partial charge in [0.05, 0.1) is 24.9 Å². The van der Waals surface area contributed by atoms with Crippen molar-refractivity contribution in [3.63, 3.8) is 0 Å². The molecule has 0 saturated carbocycles. The number of hydrogen-bond acceptors (Lipinski definition) is 6. The zero-order chi connectivity index (χ0) is 15.8. The third kappa shape index (κ3) is 3.08. The number of rotatable bonds is 3. The summed E-state index contributed by atoms with van der Waals surface area (Å²) < 4.78 is 5.43. The van der Waals surface area contributed by atoms with Gasteiger partial charge in [0, 0.05) is 5.92 Å². The molecule has 5 atom stereocenters. The van der Waals surface area contributed by atoms with Crippen LogP contribution in [0.5, 0.6) is 0 Å². The van der Waals surface area contributed by atoms with E-state index in [1.54, 1.807) is 6.08 Å². The van der Waals surface area contributed by atoms with Gasteiger partial charge in [0.15, 0.2) is 11.4 Å². The fourth-order valence-corrected chi connectivity index (χ4v) is 2.30. The summed E-state index contributed by atoms with van der Waals surface area (Å²) in [5.74, 6) is -0.609. The summed E-state index contributed by atoms with van der Waals surface area (Å²) in [6.45, 7) is 2.87. The quantitative estimate of drug-likeness (QED) is 0.556. The van der Waals surface area contributed by atoms with Gasteiger partial charge in [0.25, 0.3) is 0 Å².